The van der Waals surface area contributed by atoms with E-state index in [-0.39, 0.29) is 6.61 Å². The lowest BCUT2D eigenvalue weighted by atomic mass is 10.3. The largest absolute Gasteiger partial charge is 0.411 e. The minimum atomic E-state index is -4.29. The fourth-order valence-corrected chi connectivity index (χ4v) is 1.66. The zero-order chi connectivity index (χ0) is 12.9. The number of hydrogen-bond acceptors (Lipinski definition) is 2. The van der Waals surface area contributed by atoms with Crippen LogP contribution in [0, 0.1) is 0 Å². The van der Waals surface area contributed by atoms with Crippen LogP contribution in [0.3, 0.4) is 0 Å². The van der Waals surface area contributed by atoms with E-state index < -0.39 is 12.8 Å². The lowest BCUT2D eigenvalue weighted by Crippen LogP contribution is -2.17. The first-order valence-corrected chi connectivity index (χ1v) is 6.08. The van der Waals surface area contributed by atoms with Gasteiger partial charge >= 0.3 is 6.18 Å². The van der Waals surface area contributed by atoms with E-state index in [0.29, 0.717) is 10.2 Å². The predicted molar refractivity (Wildman–Crippen MR) is 60.5 cm³/mol. The van der Waals surface area contributed by atoms with Crippen LogP contribution >= 0.6 is 15.9 Å². The molecule has 0 spiro atoms. The van der Waals surface area contributed by atoms with Gasteiger partial charge in [-0.05, 0) is 22.4 Å². The van der Waals surface area contributed by atoms with Crippen molar-refractivity contribution in [1.82, 2.24) is 9.78 Å². The highest BCUT2D eigenvalue weighted by atomic mass is 79.9. The van der Waals surface area contributed by atoms with Gasteiger partial charge in [-0.1, -0.05) is 13.3 Å². The minimum absolute atomic E-state index is 0.140. The molecule has 0 saturated heterocycles. The number of unbranched alkanes of at least 4 members (excludes halogenated alkanes) is 1. The fraction of sp³-hybridized carbons (Fsp3) is 0.700. The summed E-state index contributed by atoms with van der Waals surface area (Å²) in [7, 11) is 0. The van der Waals surface area contributed by atoms with Crippen molar-refractivity contribution >= 4 is 15.9 Å². The van der Waals surface area contributed by atoms with E-state index in [1.807, 2.05) is 0 Å². The Hall–Kier alpha value is -0.560. The van der Waals surface area contributed by atoms with Crippen molar-refractivity contribution in [2.75, 3.05) is 6.61 Å². The summed E-state index contributed by atoms with van der Waals surface area (Å²) in [6, 6.07) is 0. The molecule has 17 heavy (non-hydrogen) atoms. The average Bonchev–Trinajstić information content (AvgIpc) is 2.55. The highest BCUT2D eigenvalue weighted by Crippen LogP contribution is 2.19. The van der Waals surface area contributed by atoms with Crippen LogP contribution in [0.15, 0.2) is 10.7 Å². The third-order valence-corrected chi connectivity index (χ3v) is 2.69. The Bertz CT molecular complexity index is 352. The third kappa shape index (κ3) is 5.54. The lowest BCUT2D eigenvalue weighted by molar-refractivity contribution is -0.176. The maximum absolute atomic E-state index is 11.9. The average molecular weight is 315 g/mol. The number of aromatic nitrogens is 2. The van der Waals surface area contributed by atoms with Crippen LogP contribution in [0.25, 0.3) is 0 Å². The summed E-state index contributed by atoms with van der Waals surface area (Å²) in [5.41, 5.74) is 0.491. The first kappa shape index (κ1) is 14.5. The molecular weight excluding hydrogens is 301 g/mol. The van der Waals surface area contributed by atoms with Crippen LogP contribution in [0.1, 0.15) is 25.5 Å². The predicted octanol–water partition coefficient (Wildman–Crippen LogP) is 3.52. The Kier molecular flexibility index (Phi) is 5.45. The van der Waals surface area contributed by atoms with Crippen molar-refractivity contribution in [1.29, 1.82) is 0 Å². The van der Waals surface area contributed by atoms with Gasteiger partial charge in [0.25, 0.3) is 0 Å². The lowest BCUT2D eigenvalue weighted by Gasteiger charge is -2.06. The molecule has 98 valence electrons. The second-order valence-electron chi connectivity index (χ2n) is 3.65. The number of alkyl halides is 3. The second kappa shape index (κ2) is 6.39. The van der Waals surface area contributed by atoms with Crippen LogP contribution in [-0.2, 0) is 17.9 Å². The molecule has 0 aliphatic rings. The van der Waals surface area contributed by atoms with Crippen LogP contribution in [-0.4, -0.2) is 22.6 Å². The molecule has 0 amide bonds. The highest BCUT2D eigenvalue weighted by molar-refractivity contribution is 9.10. The van der Waals surface area contributed by atoms with Gasteiger partial charge in [0.05, 0.1) is 11.1 Å². The molecule has 0 fully saturated rings. The molecule has 7 heteroatoms. The SMILES string of the molecule is CCCCn1cc(Br)c(COCC(F)(F)F)n1. The smallest absolute Gasteiger partial charge is 0.366 e. The van der Waals surface area contributed by atoms with Crippen LogP contribution in [0.2, 0.25) is 0 Å². The molecule has 0 unspecified atom stereocenters. The van der Waals surface area contributed by atoms with Crippen molar-refractivity contribution in [3.8, 4) is 0 Å². The Labute approximate surface area is 106 Å². The first-order valence-electron chi connectivity index (χ1n) is 5.28. The third-order valence-electron chi connectivity index (χ3n) is 2.03. The molecule has 0 aliphatic heterocycles. The normalized spacial score (nSPS) is 12.1. The zero-order valence-electron chi connectivity index (χ0n) is 9.43. The summed E-state index contributed by atoms with van der Waals surface area (Å²) in [4.78, 5) is 0. The molecule has 1 rings (SSSR count). The number of ether oxygens (including phenoxy) is 1. The summed E-state index contributed by atoms with van der Waals surface area (Å²) < 4.78 is 42.5. The van der Waals surface area contributed by atoms with Crippen LogP contribution in [0.4, 0.5) is 13.2 Å². The number of hydrogen-bond donors (Lipinski definition) is 0. The van der Waals surface area contributed by atoms with E-state index >= 15 is 0 Å². The molecular formula is C10H14BrF3N2O. The number of aryl methyl sites for hydroxylation is 1. The van der Waals surface area contributed by atoms with Crippen molar-refractivity contribution < 1.29 is 17.9 Å². The summed E-state index contributed by atoms with van der Waals surface area (Å²) in [5.74, 6) is 0. The van der Waals surface area contributed by atoms with Crippen LogP contribution in [0.5, 0.6) is 0 Å². The van der Waals surface area contributed by atoms with Gasteiger partial charge in [-0.15, -0.1) is 0 Å². The standard InChI is InChI=1S/C10H14BrF3N2O/c1-2-3-4-16-5-8(11)9(15-16)6-17-7-10(12,13)14/h5H,2-4,6-7H2,1H3. The Balaban J connectivity index is 2.45. The van der Waals surface area contributed by atoms with Gasteiger partial charge in [0.15, 0.2) is 0 Å². The van der Waals surface area contributed by atoms with Gasteiger partial charge in [-0.3, -0.25) is 4.68 Å². The Morgan fingerprint density at radius 2 is 2.18 bits per heavy atom. The molecule has 3 nitrogen and oxygen atoms in total. The maximum atomic E-state index is 11.9. The minimum Gasteiger partial charge on any atom is -0.366 e. The topological polar surface area (TPSA) is 27.1 Å². The van der Waals surface area contributed by atoms with Gasteiger partial charge in [-0.25, -0.2) is 0 Å². The molecule has 0 saturated carbocycles. The van der Waals surface area contributed by atoms with E-state index in [9.17, 15) is 13.2 Å². The highest BCUT2D eigenvalue weighted by Gasteiger charge is 2.27. The first-order chi connectivity index (χ1) is 7.92. The molecule has 0 N–H and O–H groups in total. The van der Waals surface area contributed by atoms with Gasteiger partial charge in [0, 0.05) is 12.7 Å². The Morgan fingerprint density at radius 1 is 1.47 bits per heavy atom. The molecule has 1 aromatic rings. The molecule has 1 heterocycles. The van der Waals surface area contributed by atoms with Crippen molar-refractivity contribution in [2.45, 2.75) is 39.1 Å². The van der Waals surface area contributed by atoms with Gasteiger partial charge < -0.3 is 4.74 Å². The number of rotatable bonds is 6. The number of halogens is 4. The van der Waals surface area contributed by atoms with Gasteiger partial charge in [0.1, 0.15) is 12.3 Å². The maximum Gasteiger partial charge on any atom is 0.411 e. The van der Waals surface area contributed by atoms with Crippen molar-refractivity contribution in [3.05, 3.63) is 16.4 Å². The molecule has 0 aliphatic carbocycles. The molecule has 1 aromatic heterocycles. The molecule has 0 aromatic carbocycles. The van der Waals surface area contributed by atoms with Gasteiger partial charge in [0.2, 0.25) is 0 Å². The van der Waals surface area contributed by atoms with E-state index in [1.54, 1.807) is 10.9 Å². The van der Waals surface area contributed by atoms with E-state index in [2.05, 4.69) is 32.7 Å². The zero-order valence-corrected chi connectivity index (χ0v) is 11.0. The molecule has 0 atom stereocenters. The molecule has 0 radical (unpaired) electrons. The number of nitrogens with zero attached hydrogens (tertiary/aromatic N) is 2. The summed E-state index contributed by atoms with van der Waals surface area (Å²) in [6.07, 6.45) is -0.520. The monoisotopic (exact) mass is 314 g/mol. The summed E-state index contributed by atoms with van der Waals surface area (Å²) in [6.45, 7) is 1.43. The van der Waals surface area contributed by atoms with Crippen molar-refractivity contribution in [2.24, 2.45) is 0 Å². The van der Waals surface area contributed by atoms with E-state index in [1.165, 1.54) is 0 Å². The Morgan fingerprint density at radius 3 is 2.76 bits per heavy atom. The quantitative estimate of drug-likeness (QED) is 0.803. The summed E-state index contributed by atoms with van der Waals surface area (Å²) in [5, 5.41) is 4.14. The summed E-state index contributed by atoms with van der Waals surface area (Å²) >= 11 is 3.25. The van der Waals surface area contributed by atoms with Crippen molar-refractivity contribution in [3.63, 3.8) is 0 Å². The van der Waals surface area contributed by atoms with Gasteiger partial charge in [-0.2, -0.15) is 18.3 Å². The second-order valence-corrected chi connectivity index (χ2v) is 4.50. The van der Waals surface area contributed by atoms with Crippen LogP contribution < -0.4 is 0 Å². The van der Waals surface area contributed by atoms with E-state index in [4.69, 9.17) is 0 Å². The molecule has 0 bridgehead atoms. The van der Waals surface area contributed by atoms with E-state index in [0.717, 1.165) is 19.4 Å². The fourth-order valence-electron chi connectivity index (χ4n) is 1.23.